The molecule has 0 saturated heterocycles. The number of anilines is 2. The molecule has 1 N–H and O–H groups in total. The van der Waals surface area contributed by atoms with E-state index in [1.54, 1.807) is 5.57 Å². The van der Waals surface area contributed by atoms with Gasteiger partial charge in [0.25, 0.3) is 0 Å². The zero-order chi connectivity index (χ0) is 13.8. The first-order chi connectivity index (χ1) is 9.04. The average molecular weight is 258 g/mol. The van der Waals surface area contributed by atoms with Crippen molar-refractivity contribution in [3.63, 3.8) is 0 Å². The topological polar surface area (TPSA) is 15.3 Å². The van der Waals surface area contributed by atoms with Gasteiger partial charge in [-0.3, -0.25) is 0 Å². The summed E-state index contributed by atoms with van der Waals surface area (Å²) in [7, 11) is 4.16. The van der Waals surface area contributed by atoms with Gasteiger partial charge in [-0.1, -0.05) is 24.6 Å². The lowest BCUT2D eigenvalue weighted by Crippen LogP contribution is -2.20. The maximum atomic E-state index is 3.60. The van der Waals surface area contributed by atoms with Crippen molar-refractivity contribution in [1.29, 1.82) is 0 Å². The van der Waals surface area contributed by atoms with Gasteiger partial charge in [0.1, 0.15) is 0 Å². The number of hydrogen-bond acceptors (Lipinski definition) is 2. The third-order valence-electron chi connectivity index (χ3n) is 3.84. The van der Waals surface area contributed by atoms with E-state index in [1.807, 2.05) is 0 Å². The summed E-state index contributed by atoms with van der Waals surface area (Å²) >= 11 is 0. The Morgan fingerprint density at radius 3 is 2.79 bits per heavy atom. The molecule has 19 heavy (non-hydrogen) atoms. The Labute approximate surface area is 117 Å². The monoisotopic (exact) mass is 258 g/mol. The van der Waals surface area contributed by atoms with Gasteiger partial charge in [-0.25, -0.2) is 0 Å². The van der Waals surface area contributed by atoms with Gasteiger partial charge in [0, 0.05) is 32.0 Å². The van der Waals surface area contributed by atoms with Crippen molar-refractivity contribution in [3.8, 4) is 0 Å². The van der Waals surface area contributed by atoms with Gasteiger partial charge in [-0.05, 0) is 49.8 Å². The molecular weight excluding hydrogens is 232 g/mol. The van der Waals surface area contributed by atoms with Gasteiger partial charge in [-0.15, -0.1) is 0 Å². The first kappa shape index (κ1) is 14.0. The highest BCUT2D eigenvalue weighted by molar-refractivity contribution is 5.57. The third-order valence-corrected chi connectivity index (χ3v) is 3.84. The lowest BCUT2D eigenvalue weighted by molar-refractivity contribution is 0.421. The number of benzene rings is 1. The molecule has 1 aliphatic carbocycles. The molecule has 0 saturated carbocycles. The Kier molecular flexibility index (Phi) is 4.52. The molecule has 0 radical (unpaired) electrons. The molecule has 0 aromatic heterocycles. The van der Waals surface area contributed by atoms with Crippen molar-refractivity contribution in [1.82, 2.24) is 0 Å². The third kappa shape index (κ3) is 4.02. The molecule has 2 unspecified atom stereocenters. The van der Waals surface area contributed by atoms with E-state index in [1.165, 1.54) is 24.2 Å². The SMILES string of the molecule is CC1=CC(C)CC(CNc2cccc(N(C)C)c2)C1. The van der Waals surface area contributed by atoms with Crippen LogP contribution in [0.5, 0.6) is 0 Å². The number of allylic oxidation sites excluding steroid dienone is 2. The van der Waals surface area contributed by atoms with Crippen LogP contribution in [0.3, 0.4) is 0 Å². The van der Waals surface area contributed by atoms with Crippen LogP contribution in [0, 0.1) is 11.8 Å². The van der Waals surface area contributed by atoms with E-state index < -0.39 is 0 Å². The summed E-state index contributed by atoms with van der Waals surface area (Å²) in [6.45, 7) is 5.66. The lowest BCUT2D eigenvalue weighted by atomic mass is 9.84. The molecule has 2 rings (SSSR count). The maximum absolute atomic E-state index is 3.60. The van der Waals surface area contributed by atoms with E-state index in [0.717, 1.165) is 18.4 Å². The molecule has 2 heteroatoms. The molecule has 1 aromatic carbocycles. The van der Waals surface area contributed by atoms with Crippen molar-refractivity contribution in [2.24, 2.45) is 11.8 Å². The minimum Gasteiger partial charge on any atom is -0.385 e. The molecule has 0 fully saturated rings. The summed E-state index contributed by atoms with van der Waals surface area (Å²) < 4.78 is 0. The smallest absolute Gasteiger partial charge is 0.0381 e. The van der Waals surface area contributed by atoms with Crippen molar-refractivity contribution >= 4 is 11.4 Å². The van der Waals surface area contributed by atoms with Gasteiger partial charge >= 0.3 is 0 Å². The van der Waals surface area contributed by atoms with Crippen LogP contribution in [-0.4, -0.2) is 20.6 Å². The van der Waals surface area contributed by atoms with E-state index in [4.69, 9.17) is 0 Å². The Balaban J connectivity index is 1.92. The molecule has 104 valence electrons. The molecule has 0 bridgehead atoms. The Morgan fingerprint density at radius 1 is 1.32 bits per heavy atom. The summed E-state index contributed by atoms with van der Waals surface area (Å²) in [5.41, 5.74) is 4.02. The fourth-order valence-corrected chi connectivity index (χ4v) is 3.00. The predicted octanol–water partition coefficient (Wildman–Crippen LogP) is 4.16. The Morgan fingerprint density at radius 2 is 2.11 bits per heavy atom. The van der Waals surface area contributed by atoms with Crippen LogP contribution in [0.1, 0.15) is 26.7 Å². The van der Waals surface area contributed by atoms with Crippen molar-refractivity contribution < 1.29 is 0 Å². The summed E-state index contributed by atoms with van der Waals surface area (Å²) in [4.78, 5) is 2.14. The molecule has 1 aliphatic rings. The van der Waals surface area contributed by atoms with E-state index in [2.05, 4.69) is 68.5 Å². The number of hydrogen-bond donors (Lipinski definition) is 1. The molecule has 2 atom stereocenters. The van der Waals surface area contributed by atoms with Crippen LogP contribution >= 0.6 is 0 Å². The first-order valence-electron chi connectivity index (χ1n) is 7.23. The van der Waals surface area contributed by atoms with E-state index in [0.29, 0.717) is 0 Å². The molecule has 0 spiro atoms. The normalized spacial score (nSPS) is 22.8. The second-order valence-electron chi connectivity index (χ2n) is 6.12. The van der Waals surface area contributed by atoms with Crippen molar-refractivity contribution in [2.45, 2.75) is 26.7 Å². The molecule has 0 amide bonds. The van der Waals surface area contributed by atoms with Crippen molar-refractivity contribution in [2.75, 3.05) is 30.9 Å². The van der Waals surface area contributed by atoms with E-state index >= 15 is 0 Å². The number of rotatable bonds is 4. The van der Waals surface area contributed by atoms with E-state index in [9.17, 15) is 0 Å². The zero-order valence-corrected chi connectivity index (χ0v) is 12.6. The number of nitrogens with zero attached hydrogens (tertiary/aromatic N) is 1. The second-order valence-corrected chi connectivity index (χ2v) is 6.12. The molecular formula is C17H26N2. The van der Waals surface area contributed by atoms with Gasteiger partial charge in [0.05, 0.1) is 0 Å². The highest BCUT2D eigenvalue weighted by Crippen LogP contribution is 2.28. The number of nitrogens with one attached hydrogen (secondary N) is 1. The van der Waals surface area contributed by atoms with Crippen LogP contribution in [0.4, 0.5) is 11.4 Å². The molecule has 0 aliphatic heterocycles. The van der Waals surface area contributed by atoms with E-state index in [-0.39, 0.29) is 0 Å². The van der Waals surface area contributed by atoms with Gasteiger partial charge in [0.15, 0.2) is 0 Å². The minimum absolute atomic E-state index is 0.730. The Hall–Kier alpha value is -1.44. The van der Waals surface area contributed by atoms with Crippen LogP contribution in [0.25, 0.3) is 0 Å². The Bertz CT molecular complexity index is 448. The van der Waals surface area contributed by atoms with Crippen LogP contribution in [0.2, 0.25) is 0 Å². The first-order valence-corrected chi connectivity index (χ1v) is 7.23. The second kappa shape index (κ2) is 6.14. The highest BCUT2D eigenvalue weighted by Gasteiger charge is 2.17. The largest absolute Gasteiger partial charge is 0.385 e. The molecule has 0 heterocycles. The van der Waals surface area contributed by atoms with Crippen molar-refractivity contribution in [3.05, 3.63) is 35.9 Å². The van der Waals surface area contributed by atoms with Crippen LogP contribution in [0.15, 0.2) is 35.9 Å². The summed E-state index contributed by atoms with van der Waals surface area (Å²) in [6, 6.07) is 8.63. The van der Waals surface area contributed by atoms with Gasteiger partial charge < -0.3 is 10.2 Å². The minimum atomic E-state index is 0.730. The van der Waals surface area contributed by atoms with Gasteiger partial charge in [-0.2, -0.15) is 0 Å². The fraction of sp³-hybridized carbons (Fsp3) is 0.529. The highest BCUT2D eigenvalue weighted by atomic mass is 15.1. The molecule has 2 nitrogen and oxygen atoms in total. The zero-order valence-electron chi connectivity index (χ0n) is 12.6. The van der Waals surface area contributed by atoms with Crippen LogP contribution < -0.4 is 10.2 Å². The lowest BCUT2D eigenvalue weighted by Gasteiger charge is -2.26. The summed E-state index contributed by atoms with van der Waals surface area (Å²) in [6.07, 6.45) is 4.96. The predicted molar refractivity (Wildman–Crippen MR) is 84.9 cm³/mol. The fourth-order valence-electron chi connectivity index (χ4n) is 3.00. The van der Waals surface area contributed by atoms with Crippen LogP contribution in [-0.2, 0) is 0 Å². The standard InChI is InChI=1S/C17H26N2/c1-13-8-14(2)10-15(9-13)12-18-16-6-5-7-17(11-16)19(3)4/h5-8,11,13,15,18H,9-10,12H2,1-4H3. The summed E-state index contributed by atoms with van der Waals surface area (Å²) in [5.74, 6) is 1.50. The van der Waals surface area contributed by atoms with Gasteiger partial charge in [0.2, 0.25) is 0 Å². The summed E-state index contributed by atoms with van der Waals surface area (Å²) in [5, 5.41) is 3.60. The average Bonchev–Trinajstić information content (AvgIpc) is 2.35. The quantitative estimate of drug-likeness (QED) is 0.816. The maximum Gasteiger partial charge on any atom is 0.0381 e. The molecule has 1 aromatic rings.